The van der Waals surface area contributed by atoms with Gasteiger partial charge in [-0.15, -0.1) is 0 Å². The van der Waals surface area contributed by atoms with Crippen molar-refractivity contribution in [2.75, 3.05) is 12.4 Å². The summed E-state index contributed by atoms with van der Waals surface area (Å²) in [6, 6.07) is 5.82. The Labute approximate surface area is 84.9 Å². The van der Waals surface area contributed by atoms with E-state index in [-0.39, 0.29) is 0 Å². The van der Waals surface area contributed by atoms with E-state index in [4.69, 9.17) is 5.41 Å². The number of hydrogen-bond donors (Lipinski definition) is 2. The lowest BCUT2D eigenvalue weighted by Crippen LogP contribution is -1.94. The van der Waals surface area contributed by atoms with Gasteiger partial charge in [0.05, 0.1) is 0 Å². The molecule has 14 heavy (non-hydrogen) atoms. The second-order valence-electron chi connectivity index (χ2n) is 2.85. The second-order valence-corrected chi connectivity index (χ2v) is 2.85. The Morgan fingerprint density at radius 2 is 2.29 bits per heavy atom. The molecule has 2 N–H and O–H groups in total. The maximum Gasteiger partial charge on any atom is 0.0427 e. The van der Waals surface area contributed by atoms with Gasteiger partial charge in [-0.25, -0.2) is 0 Å². The first kappa shape index (κ1) is 10.3. The molecule has 1 aromatic rings. The Kier molecular flexibility index (Phi) is 3.75. The highest BCUT2D eigenvalue weighted by Crippen LogP contribution is 2.14. The van der Waals surface area contributed by atoms with E-state index in [0.717, 1.165) is 23.2 Å². The summed E-state index contributed by atoms with van der Waals surface area (Å²) >= 11 is 0. The monoisotopic (exact) mass is 186 g/mol. The molecule has 0 fully saturated rings. The van der Waals surface area contributed by atoms with Crippen molar-refractivity contribution in [3.8, 4) is 11.8 Å². The van der Waals surface area contributed by atoms with Gasteiger partial charge in [-0.1, -0.05) is 18.8 Å². The van der Waals surface area contributed by atoms with Gasteiger partial charge in [0.25, 0.3) is 0 Å². The van der Waals surface area contributed by atoms with Crippen LogP contribution in [0.25, 0.3) is 0 Å². The molecule has 2 heteroatoms. The van der Waals surface area contributed by atoms with Gasteiger partial charge in [-0.05, 0) is 18.2 Å². The predicted octanol–water partition coefficient (Wildman–Crippen LogP) is 2.49. The SMILES string of the molecule is CCC#Cc1ccc(NC)c(C=N)c1. The summed E-state index contributed by atoms with van der Waals surface area (Å²) in [4.78, 5) is 0. The average molecular weight is 186 g/mol. The molecule has 0 aliphatic heterocycles. The van der Waals surface area contributed by atoms with Gasteiger partial charge < -0.3 is 10.7 Å². The Morgan fingerprint density at radius 3 is 2.86 bits per heavy atom. The van der Waals surface area contributed by atoms with Crippen LogP contribution in [0.3, 0.4) is 0 Å². The van der Waals surface area contributed by atoms with Crippen molar-refractivity contribution in [2.24, 2.45) is 0 Å². The highest BCUT2D eigenvalue weighted by Gasteiger charge is 1.97. The molecule has 0 heterocycles. The van der Waals surface area contributed by atoms with E-state index in [9.17, 15) is 0 Å². The number of nitrogens with one attached hydrogen (secondary N) is 2. The van der Waals surface area contributed by atoms with Crippen molar-refractivity contribution in [2.45, 2.75) is 13.3 Å². The molecule has 0 unspecified atom stereocenters. The van der Waals surface area contributed by atoms with Gasteiger partial charge in [0, 0.05) is 36.5 Å². The third-order valence-electron chi connectivity index (χ3n) is 1.89. The van der Waals surface area contributed by atoms with Crippen LogP contribution >= 0.6 is 0 Å². The van der Waals surface area contributed by atoms with E-state index in [0.29, 0.717) is 0 Å². The zero-order valence-corrected chi connectivity index (χ0v) is 8.52. The zero-order chi connectivity index (χ0) is 10.4. The molecule has 0 radical (unpaired) electrons. The fourth-order valence-corrected chi connectivity index (χ4v) is 1.18. The average Bonchev–Trinajstić information content (AvgIpc) is 2.25. The van der Waals surface area contributed by atoms with Crippen LogP contribution in [0.15, 0.2) is 18.2 Å². The summed E-state index contributed by atoms with van der Waals surface area (Å²) in [5, 5.41) is 10.3. The Balaban J connectivity index is 3.07. The van der Waals surface area contributed by atoms with E-state index >= 15 is 0 Å². The van der Waals surface area contributed by atoms with Gasteiger partial charge in [0.1, 0.15) is 0 Å². The topological polar surface area (TPSA) is 35.9 Å². The second kappa shape index (κ2) is 5.08. The lowest BCUT2D eigenvalue weighted by molar-refractivity contribution is 1.28. The predicted molar refractivity (Wildman–Crippen MR) is 61.0 cm³/mol. The molecular weight excluding hydrogens is 172 g/mol. The third-order valence-corrected chi connectivity index (χ3v) is 1.89. The lowest BCUT2D eigenvalue weighted by atomic mass is 10.1. The van der Waals surface area contributed by atoms with Gasteiger partial charge in [0.15, 0.2) is 0 Å². The smallest absolute Gasteiger partial charge is 0.0427 e. The fraction of sp³-hybridized carbons (Fsp3) is 0.250. The van der Waals surface area contributed by atoms with Crippen molar-refractivity contribution in [3.05, 3.63) is 29.3 Å². The van der Waals surface area contributed by atoms with Crippen molar-refractivity contribution in [3.63, 3.8) is 0 Å². The molecule has 1 rings (SSSR count). The molecule has 0 saturated heterocycles. The third kappa shape index (κ3) is 2.37. The van der Waals surface area contributed by atoms with E-state index in [1.54, 1.807) is 0 Å². The number of anilines is 1. The van der Waals surface area contributed by atoms with E-state index in [1.165, 1.54) is 6.21 Å². The number of hydrogen-bond acceptors (Lipinski definition) is 2. The van der Waals surface area contributed by atoms with E-state index in [2.05, 4.69) is 17.2 Å². The first-order chi connectivity index (χ1) is 6.81. The molecule has 72 valence electrons. The van der Waals surface area contributed by atoms with Crippen LogP contribution in [0.1, 0.15) is 24.5 Å². The van der Waals surface area contributed by atoms with Crippen LogP contribution in [0, 0.1) is 17.3 Å². The molecule has 0 amide bonds. The minimum absolute atomic E-state index is 0.855. The molecule has 0 aliphatic rings. The summed E-state index contributed by atoms with van der Waals surface area (Å²) in [7, 11) is 1.85. The van der Waals surface area contributed by atoms with Crippen molar-refractivity contribution in [1.82, 2.24) is 0 Å². The van der Waals surface area contributed by atoms with Gasteiger partial charge in [-0.2, -0.15) is 0 Å². The summed E-state index contributed by atoms with van der Waals surface area (Å²) in [6.07, 6.45) is 2.19. The summed E-state index contributed by atoms with van der Waals surface area (Å²) in [5.74, 6) is 6.05. The maximum absolute atomic E-state index is 7.25. The summed E-state index contributed by atoms with van der Waals surface area (Å²) in [5.41, 5.74) is 2.79. The molecule has 0 saturated carbocycles. The largest absolute Gasteiger partial charge is 0.388 e. The van der Waals surface area contributed by atoms with Crippen molar-refractivity contribution >= 4 is 11.9 Å². The number of rotatable bonds is 2. The Hall–Kier alpha value is -1.75. The molecule has 1 aromatic carbocycles. The zero-order valence-electron chi connectivity index (χ0n) is 8.52. The van der Waals surface area contributed by atoms with Crippen LogP contribution in [-0.2, 0) is 0 Å². The molecule has 0 spiro atoms. The van der Waals surface area contributed by atoms with Crippen LogP contribution in [0.4, 0.5) is 5.69 Å². The van der Waals surface area contributed by atoms with E-state index in [1.807, 2.05) is 32.2 Å². The Morgan fingerprint density at radius 1 is 1.50 bits per heavy atom. The van der Waals surface area contributed by atoms with Crippen molar-refractivity contribution in [1.29, 1.82) is 5.41 Å². The molecule has 2 nitrogen and oxygen atoms in total. The van der Waals surface area contributed by atoms with Gasteiger partial charge in [-0.3, -0.25) is 0 Å². The first-order valence-corrected chi connectivity index (χ1v) is 4.63. The minimum Gasteiger partial charge on any atom is -0.388 e. The molecule has 0 aliphatic carbocycles. The van der Waals surface area contributed by atoms with Crippen LogP contribution in [0.2, 0.25) is 0 Å². The lowest BCUT2D eigenvalue weighted by Gasteiger charge is -2.04. The highest BCUT2D eigenvalue weighted by atomic mass is 14.8. The first-order valence-electron chi connectivity index (χ1n) is 4.63. The van der Waals surface area contributed by atoms with Gasteiger partial charge >= 0.3 is 0 Å². The normalized spacial score (nSPS) is 8.71. The van der Waals surface area contributed by atoms with E-state index < -0.39 is 0 Å². The van der Waals surface area contributed by atoms with Crippen molar-refractivity contribution < 1.29 is 0 Å². The molecular formula is C12H14N2. The molecule has 0 aromatic heterocycles. The van der Waals surface area contributed by atoms with Crippen LogP contribution in [0.5, 0.6) is 0 Å². The quantitative estimate of drug-likeness (QED) is 0.540. The summed E-state index contributed by atoms with van der Waals surface area (Å²) in [6.45, 7) is 2.02. The molecule has 0 bridgehead atoms. The van der Waals surface area contributed by atoms with Crippen LogP contribution < -0.4 is 5.32 Å². The van der Waals surface area contributed by atoms with Crippen LogP contribution in [-0.4, -0.2) is 13.3 Å². The standard InChI is InChI=1S/C12H14N2/c1-3-4-5-10-6-7-12(14-2)11(8-10)9-13/h6-9,13-14H,3H2,1-2H3. The summed E-state index contributed by atoms with van der Waals surface area (Å²) < 4.78 is 0. The highest BCUT2D eigenvalue weighted by molar-refractivity contribution is 5.86. The maximum atomic E-state index is 7.25. The minimum atomic E-state index is 0.855. The number of benzene rings is 1. The van der Waals surface area contributed by atoms with Gasteiger partial charge in [0.2, 0.25) is 0 Å². The fourth-order valence-electron chi connectivity index (χ4n) is 1.18. The Bertz CT molecular complexity index is 383. The molecule has 0 atom stereocenters.